The molecule has 0 fully saturated rings. The van der Waals surface area contributed by atoms with Crippen molar-refractivity contribution >= 4 is 11.9 Å². The Bertz CT molecular complexity index is 181. The molecule has 0 aliphatic rings. The molecule has 0 aromatic carbocycles. The summed E-state index contributed by atoms with van der Waals surface area (Å²) < 4.78 is 0. The molecular formula is C7H14N2O3. The number of carboxylic acids is 1. The third-order valence-corrected chi connectivity index (χ3v) is 1.74. The number of nitrogens with two attached hydrogens (primary N) is 2. The van der Waals surface area contributed by atoms with Crippen molar-refractivity contribution in [3.63, 3.8) is 0 Å². The summed E-state index contributed by atoms with van der Waals surface area (Å²) in [4.78, 5) is 20.7. The average molecular weight is 174 g/mol. The molecule has 0 saturated heterocycles. The number of rotatable bonds is 5. The lowest BCUT2D eigenvalue weighted by Crippen LogP contribution is -2.37. The van der Waals surface area contributed by atoms with Gasteiger partial charge in [-0.15, -0.1) is 0 Å². The molecule has 0 heterocycles. The van der Waals surface area contributed by atoms with Crippen molar-refractivity contribution in [1.29, 1.82) is 0 Å². The van der Waals surface area contributed by atoms with Crippen LogP contribution in [0.3, 0.4) is 0 Å². The van der Waals surface area contributed by atoms with Crippen molar-refractivity contribution in [3.8, 4) is 0 Å². The van der Waals surface area contributed by atoms with Crippen LogP contribution in [0.25, 0.3) is 0 Å². The first-order valence-electron chi connectivity index (χ1n) is 3.72. The highest BCUT2D eigenvalue weighted by Gasteiger charge is 2.19. The number of carboxylic acid groups (broad SMARTS) is 1. The van der Waals surface area contributed by atoms with E-state index in [0.29, 0.717) is 6.42 Å². The van der Waals surface area contributed by atoms with Crippen molar-refractivity contribution in [2.24, 2.45) is 17.4 Å². The Balaban J connectivity index is 3.79. The third-order valence-electron chi connectivity index (χ3n) is 1.74. The van der Waals surface area contributed by atoms with Gasteiger partial charge in [-0.1, -0.05) is 6.92 Å². The van der Waals surface area contributed by atoms with Gasteiger partial charge < -0.3 is 16.6 Å². The molecule has 2 atom stereocenters. The lowest BCUT2D eigenvalue weighted by molar-refractivity contribution is -0.140. The van der Waals surface area contributed by atoms with Gasteiger partial charge in [0.25, 0.3) is 0 Å². The quantitative estimate of drug-likeness (QED) is 0.512. The van der Waals surface area contributed by atoms with Crippen LogP contribution in [0.2, 0.25) is 0 Å². The van der Waals surface area contributed by atoms with E-state index in [1.54, 1.807) is 6.92 Å². The summed E-state index contributed by atoms with van der Waals surface area (Å²) in [6, 6.07) is -0.913. The maximum atomic E-state index is 10.3. The smallest absolute Gasteiger partial charge is 0.320 e. The molecule has 0 aromatic rings. The molecule has 5 N–H and O–H groups in total. The van der Waals surface area contributed by atoms with Crippen LogP contribution < -0.4 is 11.5 Å². The number of aliphatic carboxylic acids is 1. The van der Waals surface area contributed by atoms with E-state index in [1.165, 1.54) is 0 Å². The highest BCUT2D eigenvalue weighted by molar-refractivity contribution is 5.75. The normalized spacial score (nSPS) is 15.2. The van der Waals surface area contributed by atoms with Crippen LogP contribution in [-0.2, 0) is 9.59 Å². The number of hydrogen-bond acceptors (Lipinski definition) is 3. The average Bonchev–Trinajstić information content (AvgIpc) is 1.98. The molecular weight excluding hydrogens is 160 g/mol. The van der Waals surface area contributed by atoms with Crippen molar-refractivity contribution in [2.75, 3.05) is 0 Å². The van der Waals surface area contributed by atoms with E-state index in [2.05, 4.69) is 0 Å². The van der Waals surface area contributed by atoms with Gasteiger partial charge in [-0.05, 0) is 12.3 Å². The zero-order valence-corrected chi connectivity index (χ0v) is 6.99. The van der Waals surface area contributed by atoms with E-state index in [9.17, 15) is 9.59 Å². The summed E-state index contributed by atoms with van der Waals surface area (Å²) in [6.07, 6.45) is 0.602. The van der Waals surface area contributed by atoms with E-state index >= 15 is 0 Å². The third kappa shape index (κ3) is 3.92. The molecule has 0 rings (SSSR count). The second kappa shape index (κ2) is 4.71. The number of primary amides is 1. The van der Waals surface area contributed by atoms with Crippen LogP contribution in [0.15, 0.2) is 0 Å². The zero-order valence-electron chi connectivity index (χ0n) is 6.99. The molecule has 70 valence electrons. The van der Waals surface area contributed by atoms with Crippen molar-refractivity contribution < 1.29 is 14.7 Å². The van der Waals surface area contributed by atoms with Gasteiger partial charge in [-0.25, -0.2) is 0 Å². The maximum Gasteiger partial charge on any atom is 0.320 e. The Morgan fingerprint density at radius 1 is 1.50 bits per heavy atom. The first-order chi connectivity index (χ1) is 5.45. The first kappa shape index (κ1) is 10.9. The molecule has 5 nitrogen and oxygen atoms in total. The van der Waals surface area contributed by atoms with Gasteiger partial charge in [0.1, 0.15) is 6.04 Å². The molecule has 12 heavy (non-hydrogen) atoms. The Kier molecular flexibility index (Phi) is 4.28. The summed E-state index contributed by atoms with van der Waals surface area (Å²) in [7, 11) is 0. The molecule has 0 aromatic heterocycles. The van der Waals surface area contributed by atoms with Gasteiger partial charge in [-0.3, -0.25) is 9.59 Å². The summed E-state index contributed by atoms with van der Waals surface area (Å²) in [6.45, 7) is 1.68. The molecule has 0 saturated carbocycles. The topological polar surface area (TPSA) is 106 Å². The molecule has 5 heteroatoms. The molecule has 0 radical (unpaired) electrons. The minimum atomic E-state index is -1.05. The fourth-order valence-electron chi connectivity index (χ4n) is 0.793. The molecule has 0 bridgehead atoms. The summed E-state index contributed by atoms with van der Waals surface area (Å²) in [5, 5.41) is 8.48. The van der Waals surface area contributed by atoms with Gasteiger partial charge in [-0.2, -0.15) is 0 Å². The van der Waals surface area contributed by atoms with E-state index in [4.69, 9.17) is 16.6 Å². The number of hydrogen-bond donors (Lipinski definition) is 3. The monoisotopic (exact) mass is 174 g/mol. The van der Waals surface area contributed by atoms with Crippen molar-refractivity contribution in [1.82, 2.24) is 0 Å². The van der Waals surface area contributed by atoms with E-state index < -0.39 is 17.9 Å². The SMILES string of the molecule is CC(CCC(N)=O)C(N)C(=O)O. The van der Waals surface area contributed by atoms with Crippen LogP contribution in [0.1, 0.15) is 19.8 Å². The number of amides is 1. The summed E-state index contributed by atoms with van der Waals surface area (Å²) >= 11 is 0. The Hall–Kier alpha value is -1.10. The van der Waals surface area contributed by atoms with Crippen LogP contribution >= 0.6 is 0 Å². The first-order valence-corrected chi connectivity index (χ1v) is 3.72. The largest absolute Gasteiger partial charge is 0.480 e. The van der Waals surface area contributed by atoms with Crippen molar-refractivity contribution in [3.05, 3.63) is 0 Å². The van der Waals surface area contributed by atoms with Crippen LogP contribution in [0.4, 0.5) is 0 Å². The van der Waals surface area contributed by atoms with Gasteiger partial charge >= 0.3 is 5.97 Å². The highest BCUT2D eigenvalue weighted by atomic mass is 16.4. The Morgan fingerprint density at radius 2 is 2.00 bits per heavy atom. The predicted octanol–water partition coefficient (Wildman–Crippen LogP) is -0.700. The minimum absolute atomic E-state index is 0.183. The highest BCUT2D eigenvalue weighted by Crippen LogP contribution is 2.08. The van der Waals surface area contributed by atoms with Crippen LogP contribution in [0, 0.1) is 5.92 Å². The Morgan fingerprint density at radius 3 is 2.33 bits per heavy atom. The summed E-state index contributed by atoms with van der Waals surface area (Å²) in [5.41, 5.74) is 10.2. The molecule has 0 aliphatic heterocycles. The van der Waals surface area contributed by atoms with E-state index in [-0.39, 0.29) is 12.3 Å². The van der Waals surface area contributed by atoms with Gasteiger partial charge in [0, 0.05) is 6.42 Å². The zero-order chi connectivity index (χ0) is 9.72. The molecule has 0 spiro atoms. The predicted molar refractivity (Wildman–Crippen MR) is 43.2 cm³/mol. The molecule has 0 aliphatic carbocycles. The lowest BCUT2D eigenvalue weighted by Gasteiger charge is -2.14. The number of carbonyl (C=O) groups excluding carboxylic acids is 1. The van der Waals surface area contributed by atoms with E-state index in [0.717, 1.165) is 0 Å². The molecule has 2 unspecified atom stereocenters. The van der Waals surface area contributed by atoms with Gasteiger partial charge in [0.15, 0.2) is 0 Å². The van der Waals surface area contributed by atoms with Gasteiger partial charge in [0.05, 0.1) is 0 Å². The second-order valence-corrected chi connectivity index (χ2v) is 2.85. The van der Waals surface area contributed by atoms with E-state index in [1.807, 2.05) is 0 Å². The lowest BCUT2D eigenvalue weighted by atomic mass is 9.97. The second-order valence-electron chi connectivity index (χ2n) is 2.85. The van der Waals surface area contributed by atoms with Gasteiger partial charge in [0.2, 0.25) is 5.91 Å². The van der Waals surface area contributed by atoms with Crippen molar-refractivity contribution in [2.45, 2.75) is 25.8 Å². The fraction of sp³-hybridized carbons (Fsp3) is 0.714. The minimum Gasteiger partial charge on any atom is -0.480 e. The maximum absolute atomic E-state index is 10.3. The van der Waals surface area contributed by atoms with Crippen LogP contribution in [-0.4, -0.2) is 23.0 Å². The Labute approximate surface area is 70.7 Å². The van der Waals surface area contributed by atoms with Crippen LogP contribution in [0.5, 0.6) is 0 Å². The number of carbonyl (C=O) groups is 2. The summed E-state index contributed by atoms with van der Waals surface area (Å²) in [5.74, 6) is -1.71. The standard InChI is InChI=1S/C7H14N2O3/c1-4(2-3-5(8)10)6(9)7(11)12/h4,6H,2-3,9H2,1H3,(H2,8,10)(H,11,12). The molecule has 1 amide bonds. The fourth-order valence-corrected chi connectivity index (χ4v) is 0.793.